The summed E-state index contributed by atoms with van der Waals surface area (Å²) in [7, 11) is -3.60. The van der Waals surface area contributed by atoms with E-state index in [0.29, 0.717) is 6.42 Å². The summed E-state index contributed by atoms with van der Waals surface area (Å²) < 4.78 is 14.6. The third-order valence-electron chi connectivity index (χ3n) is 1.38. The first kappa shape index (κ1) is 14.6. The van der Waals surface area contributed by atoms with E-state index < -0.39 is 26.7 Å². The first-order chi connectivity index (χ1) is 7.31. The molecular formula is C9H15O6Si. The van der Waals surface area contributed by atoms with Crippen LogP contribution in [0.15, 0.2) is 0 Å². The third kappa shape index (κ3) is 5.49. The summed E-state index contributed by atoms with van der Waals surface area (Å²) in [6.07, 6.45) is 0.320. The van der Waals surface area contributed by atoms with E-state index in [1.807, 2.05) is 0 Å². The van der Waals surface area contributed by atoms with E-state index in [1.165, 1.54) is 0 Å². The van der Waals surface area contributed by atoms with Crippen LogP contribution in [0.25, 0.3) is 0 Å². The molecule has 0 spiro atoms. The molecule has 0 atom stereocenters. The average molecular weight is 247 g/mol. The molecule has 0 N–H and O–H groups in total. The number of hydrogen-bond donors (Lipinski definition) is 0. The fourth-order valence-corrected chi connectivity index (χ4v) is 3.27. The lowest BCUT2D eigenvalue weighted by molar-refractivity contribution is -0.147. The van der Waals surface area contributed by atoms with Gasteiger partial charge in [0.25, 0.3) is 17.9 Å². The van der Waals surface area contributed by atoms with Gasteiger partial charge in [0.15, 0.2) is 0 Å². The molecule has 0 saturated heterocycles. The normalized spacial score (nSPS) is 10.5. The summed E-state index contributed by atoms with van der Waals surface area (Å²) in [5.74, 6) is -1.99. The van der Waals surface area contributed by atoms with Crippen molar-refractivity contribution in [2.24, 2.45) is 0 Å². The first-order valence-corrected chi connectivity index (χ1v) is 6.62. The number of carbonyl (C=O) groups excluding carboxylic acids is 3. The molecule has 0 aromatic rings. The van der Waals surface area contributed by atoms with Crippen molar-refractivity contribution < 1.29 is 27.7 Å². The van der Waals surface area contributed by atoms with Crippen LogP contribution in [0.5, 0.6) is 0 Å². The Bertz CT molecular complexity index is 247. The van der Waals surface area contributed by atoms with Crippen LogP contribution < -0.4 is 0 Å². The molecule has 16 heavy (non-hydrogen) atoms. The molecule has 1 radical (unpaired) electrons. The topological polar surface area (TPSA) is 78.9 Å². The zero-order chi connectivity index (χ0) is 12.8. The molecule has 0 fully saturated rings. The Morgan fingerprint density at radius 3 is 1.44 bits per heavy atom. The van der Waals surface area contributed by atoms with E-state index in [9.17, 15) is 14.4 Å². The number of rotatable bonds is 5. The van der Waals surface area contributed by atoms with Gasteiger partial charge in [-0.1, -0.05) is 6.92 Å². The van der Waals surface area contributed by atoms with Gasteiger partial charge in [0.05, 0.1) is 6.04 Å². The van der Waals surface area contributed by atoms with E-state index in [2.05, 4.69) is 6.92 Å². The summed E-state index contributed by atoms with van der Waals surface area (Å²) >= 11 is 0. The van der Waals surface area contributed by atoms with Gasteiger partial charge in [0.2, 0.25) is 0 Å². The van der Waals surface area contributed by atoms with E-state index in [4.69, 9.17) is 13.3 Å². The summed E-state index contributed by atoms with van der Waals surface area (Å²) in [4.78, 5) is 32.7. The number of hydrogen-bond acceptors (Lipinski definition) is 6. The van der Waals surface area contributed by atoms with Gasteiger partial charge < -0.3 is 13.3 Å². The van der Waals surface area contributed by atoms with Crippen LogP contribution in [-0.4, -0.2) is 26.7 Å². The average Bonchev–Trinajstić information content (AvgIpc) is 1.98. The predicted octanol–water partition coefficient (Wildman–Crippen LogP) is 0.839. The molecule has 0 rings (SSSR count). The maximum Gasteiger partial charge on any atom is 0.705 e. The van der Waals surface area contributed by atoms with Crippen molar-refractivity contribution in [3.05, 3.63) is 6.92 Å². The predicted molar refractivity (Wildman–Crippen MR) is 55.8 cm³/mol. The Kier molecular flexibility index (Phi) is 5.72. The van der Waals surface area contributed by atoms with Crippen LogP contribution in [0.3, 0.4) is 0 Å². The van der Waals surface area contributed by atoms with Gasteiger partial charge in [-0.15, -0.1) is 0 Å². The van der Waals surface area contributed by atoms with Gasteiger partial charge in [-0.25, -0.2) is 0 Å². The van der Waals surface area contributed by atoms with E-state index >= 15 is 0 Å². The summed E-state index contributed by atoms with van der Waals surface area (Å²) in [5.41, 5.74) is 0. The Balaban J connectivity index is 4.93. The molecule has 6 nitrogen and oxygen atoms in total. The highest BCUT2D eigenvalue weighted by atomic mass is 28.4. The zero-order valence-corrected chi connectivity index (χ0v) is 10.6. The van der Waals surface area contributed by atoms with E-state index in [0.717, 1.165) is 20.8 Å². The quantitative estimate of drug-likeness (QED) is 0.670. The fraction of sp³-hybridized carbons (Fsp3) is 0.556. The van der Waals surface area contributed by atoms with Crippen LogP contribution >= 0.6 is 0 Å². The minimum atomic E-state index is -3.60. The lowest BCUT2D eigenvalue weighted by atomic mass is 10.6. The molecule has 0 saturated carbocycles. The van der Waals surface area contributed by atoms with Crippen molar-refractivity contribution in [3.8, 4) is 0 Å². The Morgan fingerprint density at radius 2 is 1.25 bits per heavy atom. The molecule has 0 unspecified atom stereocenters. The molecule has 0 aliphatic heterocycles. The van der Waals surface area contributed by atoms with Crippen molar-refractivity contribution >= 4 is 26.7 Å². The monoisotopic (exact) mass is 247 g/mol. The molecule has 91 valence electrons. The SMILES string of the molecule is [CH2]CC[Si](OC(C)=O)(OC(C)=O)OC(C)=O. The lowest BCUT2D eigenvalue weighted by Crippen LogP contribution is -2.49. The van der Waals surface area contributed by atoms with Crippen LogP contribution in [0.2, 0.25) is 6.04 Å². The van der Waals surface area contributed by atoms with E-state index in [-0.39, 0.29) is 6.04 Å². The molecule has 7 heteroatoms. The van der Waals surface area contributed by atoms with Crippen molar-refractivity contribution in [3.63, 3.8) is 0 Å². The molecule has 0 aliphatic carbocycles. The second-order valence-electron chi connectivity index (χ2n) is 3.07. The Morgan fingerprint density at radius 1 is 0.938 bits per heavy atom. The van der Waals surface area contributed by atoms with E-state index in [1.54, 1.807) is 0 Å². The van der Waals surface area contributed by atoms with Crippen molar-refractivity contribution in [2.75, 3.05) is 0 Å². The molecule has 0 bridgehead atoms. The maximum atomic E-state index is 10.9. The van der Waals surface area contributed by atoms with Gasteiger partial charge >= 0.3 is 8.80 Å². The summed E-state index contributed by atoms with van der Waals surface area (Å²) in [5, 5.41) is 0. The maximum absolute atomic E-state index is 10.9. The van der Waals surface area contributed by atoms with Gasteiger partial charge in [-0.3, -0.25) is 14.4 Å². The van der Waals surface area contributed by atoms with Crippen LogP contribution in [-0.2, 0) is 27.7 Å². The molecular weight excluding hydrogens is 232 g/mol. The van der Waals surface area contributed by atoms with Gasteiger partial charge in [0, 0.05) is 20.8 Å². The van der Waals surface area contributed by atoms with Gasteiger partial charge in [-0.05, 0) is 6.42 Å². The Hall–Kier alpha value is -1.37. The molecule has 0 aliphatic rings. The minimum Gasteiger partial charge on any atom is -0.455 e. The Labute approximate surface area is 95.2 Å². The largest absolute Gasteiger partial charge is 0.705 e. The minimum absolute atomic E-state index is 0.117. The highest BCUT2D eigenvalue weighted by molar-refractivity contribution is 6.65. The summed E-state index contributed by atoms with van der Waals surface area (Å²) in [6.45, 7) is 7.01. The van der Waals surface area contributed by atoms with Crippen LogP contribution in [0.1, 0.15) is 27.2 Å². The first-order valence-electron chi connectivity index (χ1n) is 4.69. The van der Waals surface area contributed by atoms with Crippen molar-refractivity contribution in [1.82, 2.24) is 0 Å². The van der Waals surface area contributed by atoms with Gasteiger partial charge in [0.1, 0.15) is 0 Å². The third-order valence-corrected chi connectivity index (χ3v) is 4.14. The smallest absolute Gasteiger partial charge is 0.455 e. The standard InChI is InChI=1S/C9H15O6Si/c1-5-6-16(13-7(2)10,14-8(3)11)15-9(4)12/h1,5-6H2,2-4H3. The van der Waals surface area contributed by atoms with Crippen molar-refractivity contribution in [1.29, 1.82) is 0 Å². The second kappa shape index (κ2) is 6.26. The molecule has 0 heterocycles. The zero-order valence-electron chi connectivity index (χ0n) is 9.57. The van der Waals surface area contributed by atoms with Crippen molar-refractivity contribution in [2.45, 2.75) is 33.2 Å². The number of carbonyl (C=O) groups is 3. The molecule has 0 aromatic carbocycles. The van der Waals surface area contributed by atoms with Gasteiger partial charge in [-0.2, -0.15) is 0 Å². The van der Waals surface area contributed by atoms with Crippen LogP contribution in [0, 0.1) is 6.92 Å². The highest BCUT2D eigenvalue weighted by Crippen LogP contribution is 2.18. The summed E-state index contributed by atoms with van der Waals surface area (Å²) in [6, 6.07) is 0.117. The molecule has 0 amide bonds. The second-order valence-corrected chi connectivity index (χ2v) is 5.55. The highest BCUT2D eigenvalue weighted by Gasteiger charge is 2.50. The van der Waals surface area contributed by atoms with Crippen LogP contribution in [0.4, 0.5) is 0 Å². The molecule has 0 aromatic heterocycles. The fourth-order valence-electron chi connectivity index (χ4n) is 1.09. The lowest BCUT2D eigenvalue weighted by Gasteiger charge is -2.25.